The molecule has 0 saturated carbocycles. The van der Waals surface area contributed by atoms with Gasteiger partial charge < -0.3 is 0 Å². The summed E-state index contributed by atoms with van der Waals surface area (Å²) in [6, 6.07) is 45.5. The van der Waals surface area contributed by atoms with E-state index in [0.717, 1.165) is 44.3 Å². The van der Waals surface area contributed by atoms with Crippen molar-refractivity contribution in [1.29, 1.82) is 5.41 Å². The molecule has 2 aliphatic rings. The molecule has 0 aliphatic heterocycles. The van der Waals surface area contributed by atoms with Crippen LogP contribution in [0.25, 0.3) is 62.1 Å². The van der Waals surface area contributed by atoms with Crippen LogP contribution in [-0.4, -0.2) is 26.4 Å². The van der Waals surface area contributed by atoms with Crippen molar-refractivity contribution in [2.24, 2.45) is 5.10 Å². The molecule has 0 amide bonds. The van der Waals surface area contributed by atoms with E-state index < -0.39 is 0 Å². The van der Waals surface area contributed by atoms with Crippen LogP contribution < -0.4 is 5.43 Å². The number of rotatable bonds is 5. The molecule has 7 aromatic rings. The summed E-state index contributed by atoms with van der Waals surface area (Å²) in [5.74, 6) is 1.85. The van der Waals surface area contributed by atoms with Gasteiger partial charge in [-0.3, -0.25) is 10.8 Å². The van der Waals surface area contributed by atoms with Crippen molar-refractivity contribution in [2.45, 2.75) is 19.3 Å². The van der Waals surface area contributed by atoms with Crippen LogP contribution in [0.15, 0.2) is 145 Å². The predicted octanol–water partition coefficient (Wildman–Crippen LogP) is 10.2. The first-order chi connectivity index (χ1) is 24.4. The van der Waals surface area contributed by atoms with Gasteiger partial charge >= 0.3 is 0 Å². The first-order valence-electron chi connectivity index (χ1n) is 16.7. The largest absolute Gasteiger partial charge is 0.298 e. The summed E-state index contributed by atoms with van der Waals surface area (Å²) in [6.45, 7) is 4.57. The summed E-state index contributed by atoms with van der Waals surface area (Å²) >= 11 is 0. The van der Waals surface area contributed by atoms with Gasteiger partial charge in [-0.1, -0.05) is 129 Å². The maximum atomic E-state index is 9.11. The van der Waals surface area contributed by atoms with E-state index in [9.17, 15) is 0 Å². The van der Waals surface area contributed by atoms with Gasteiger partial charge in [0.1, 0.15) is 5.71 Å². The monoisotopic (exact) mass is 644 g/mol. The highest BCUT2D eigenvalue weighted by Gasteiger charge is 2.35. The molecule has 0 unspecified atom stereocenters. The van der Waals surface area contributed by atoms with Gasteiger partial charge in [0.05, 0.1) is 11.4 Å². The van der Waals surface area contributed by atoms with E-state index in [-0.39, 0.29) is 5.41 Å². The zero-order valence-corrected chi connectivity index (χ0v) is 27.6. The van der Waals surface area contributed by atoms with Crippen LogP contribution in [0.2, 0.25) is 0 Å². The summed E-state index contributed by atoms with van der Waals surface area (Å²) in [5, 5.41) is 15.6. The Labute approximate surface area is 290 Å². The fourth-order valence-corrected chi connectivity index (χ4v) is 7.22. The summed E-state index contributed by atoms with van der Waals surface area (Å²) in [4.78, 5) is 15.1. The van der Waals surface area contributed by atoms with Gasteiger partial charge in [0.15, 0.2) is 17.5 Å². The number of nitrogens with one attached hydrogen (secondary N) is 2. The Hall–Kier alpha value is -6.53. The zero-order valence-electron chi connectivity index (χ0n) is 27.6. The van der Waals surface area contributed by atoms with Crippen molar-refractivity contribution in [2.75, 3.05) is 5.43 Å². The van der Waals surface area contributed by atoms with E-state index >= 15 is 0 Å². The highest BCUT2D eigenvalue weighted by molar-refractivity contribution is 6.55. The first kappa shape index (κ1) is 29.6. The number of benzene rings is 6. The lowest BCUT2D eigenvalue weighted by molar-refractivity contribution is 0.660. The van der Waals surface area contributed by atoms with Gasteiger partial charge in [-0.25, -0.2) is 15.0 Å². The zero-order chi connectivity index (χ0) is 33.8. The molecule has 2 aliphatic carbocycles. The second-order valence-corrected chi connectivity index (χ2v) is 13.3. The van der Waals surface area contributed by atoms with Gasteiger partial charge in [-0.2, -0.15) is 5.10 Å². The molecule has 0 fully saturated rings. The number of para-hydroxylation sites is 1. The molecule has 6 aromatic carbocycles. The Kier molecular flexibility index (Phi) is 6.85. The summed E-state index contributed by atoms with van der Waals surface area (Å²) in [6.07, 6.45) is 3.91. The van der Waals surface area contributed by atoms with Crippen molar-refractivity contribution in [3.8, 4) is 45.3 Å². The Morgan fingerprint density at radius 3 is 2.00 bits per heavy atom. The van der Waals surface area contributed by atoms with E-state index in [1.165, 1.54) is 22.3 Å². The number of aromatic nitrogens is 3. The normalized spacial score (nSPS) is 14.8. The Bertz CT molecular complexity index is 2550. The maximum absolute atomic E-state index is 9.11. The van der Waals surface area contributed by atoms with Gasteiger partial charge in [0.2, 0.25) is 0 Å². The Morgan fingerprint density at radius 2 is 1.22 bits per heavy atom. The van der Waals surface area contributed by atoms with E-state index in [1.807, 2.05) is 78.9 Å². The third-order valence-corrected chi connectivity index (χ3v) is 9.83. The molecule has 6 heteroatoms. The summed E-state index contributed by atoms with van der Waals surface area (Å²) in [5.41, 5.74) is 14.6. The van der Waals surface area contributed by atoms with Crippen LogP contribution in [0.1, 0.15) is 36.1 Å². The third kappa shape index (κ3) is 4.92. The van der Waals surface area contributed by atoms with Crippen LogP contribution in [0, 0.1) is 5.41 Å². The molecule has 2 N–H and O–H groups in total. The minimum absolute atomic E-state index is 0.0780. The molecule has 0 radical (unpaired) electrons. The Morgan fingerprint density at radius 1 is 0.580 bits per heavy atom. The first-order valence-corrected chi connectivity index (χ1v) is 16.7. The second-order valence-electron chi connectivity index (χ2n) is 13.3. The highest BCUT2D eigenvalue weighted by atomic mass is 15.3. The second kappa shape index (κ2) is 11.6. The molecule has 50 heavy (non-hydrogen) atoms. The highest BCUT2D eigenvalue weighted by Crippen LogP contribution is 2.49. The number of hydrogen-bond donors (Lipinski definition) is 2. The molecule has 0 spiro atoms. The van der Waals surface area contributed by atoms with Crippen LogP contribution in [0.3, 0.4) is 0 Å². The lowest BCUT2D eigenvalue weighted by atomic mass is 9.82. The molecule has 9 rings (SSSR count). The van der Waals surface area contributed by atoms with Gasteiger partial charge in [-0.05, 0) is 68.9 Å². The smallest absolute Gasteiger partial charge is 0.164 e. The maximum Gasteiger partial charge on any atom is 0.164 e. The number of allylic oxidation sites excluding steroid dienone is 1. The van der Waals surface area contributed by atoms with Crippen molar-refractivity contribution in [3.63, 3.8) is 0 Å². The number of fused-ring (bicyclic) bond motifs is 6. The molecule has 1 aromatic heterocycles. The van der Waals surface area contributed by atoms with Crippen molar-refractivity contribution in [3.05, 3.63) is 162 Å². The number of nitrogens with zero attached hydrogens (tertiary/aromatic N) is 4. The minimum Gasteiger partial charge on any atom is -0.298 e. The van der Waals surface area contributed by atoms with Crippen LogP contribution in [0.4, 0.5) is 5.69 Å². The van der Waals surface area contributed by atoms with Crippen molar-refractivity contribution >= 4 is 34.0 Å². The van der Waals surface area contributed by atoms with Crippen molar-refractivity contribution in [1.82, 2.24) is 15.0 Å². The SMILES string of the molecule is CC1(C)c2ccccc2-c2cc(-c3nc(-c4ccccc4)nc(-c4ccc5c6c(ccc5c4)C=C/C(=N/Nc4ccccc4)C6=N)n3)ccc21. The van der Waals surface area contributed by atoms with E-state index in [1.54, 1.807) is 0 Å². The molecule has 0 saturated heterocycles. The number of anilines is 1. The Balaban J connectivity index is 1.14. The number of hydrogen-bond acceptors (Lipinski definition) is 6. The average Bonchev–Trinajstić information content (AvgIpc) is 3.40. The van der Waals surface area contributed by atoms with E-state index in [0.29, 0.717) is 28.9 Å². The van der Waals surface area contributed by atoms with E-state index in [4.69, 9.17) is 20.4 Å². The fraction of sp³-hybridized carbons (Fsp3) is 0.0682. The predicted molar refractivity (Wildman–Crippen MR) is 205 cm³/mol. The standard InChI is InChI=1S/C44H32N6/c1-44(2)36-16-10-9-15-34(36)35-26-31(20-23-37(35)44)43-47-41(28-11-5-3-6-12-28)46-42(48-43)30-19-22-33-29(25-30)18-17-27-21-24-38(40(45)39(27)33)50-49-32-13-7-4-8-14-32/h3-26,45,49H,1-2H3/b45-40?,50-38-. The van der Waals surface area contributed by atoms with Gasteiger partial charge in [0.25, 0.3) is 0 Å². The summed E-state index contributed by atoms with van der Waals surface area (Å²) < 4.78 is 0. The van der Waals surface area contributed by atoms with E-state index in [2.05, 4.69) is 91.1 Å². The van der Waals surface area contributed by atoms with Crippen molar-refractivity contribution < 1.29 is 0 Å². The molecular weight excluding hydrogens is 613 g/mol. The molecule has 238 valence electrons. The van der Waals surface area contributed by atoms with Crippen LogP contribution in [-0.2, 0) is 5.41 Å². The number of hydrazone groups is 1. The molecular formula is C44H32N6. The lowest BCUT2D eigenvalue weighted by Gasteiger charge is -2.21. The van der Waals surface area contributed by atoms with Gasteiger partial charge in [-0.15, -0.1) is 0 Å². The quantitative estimate of drug-likeness (QED) is 0.183. The topological polar surface area (TPSA) is 86.9 Å². The molecule has 1 heterocycles. The lowest BCUT2D eigenvalue weighted by Crippen LogP contribution is -2.18. The van der Waals surface area contributed by atoms with Gasteiger partial charge in [0, 0.05) is 27.7 Å². The molecule has 0 atom stereocenters. The summed E-state index contributed by atoms with van der Waals surface area (Å²) in [7, 11) is 0. The van der Waals surface area contributed by atoms with Crippen LogP contribution in [0.5, 0.6) is 0 Å². The average molecular weight is 645 g/mol. The minimum atomic E-state index is -0.0780. The third-order valence-electron chi connectivity index (χ3n) is 9.83. The van der Waals surface area contributed by atoms with Crippen LogP contribution >= 0.6 is 0 Å². The molecule has 0 bridgehead atoms. The molecule has 6 nitrogen and oxygen atoms in total. The fourth-order valence-electron chi connectivity index (χ4n) is 7.22.